The van der Waals surface area contributed by atoms with Crippen LogP contribution in [0.1, 0.15) is 11.1 Å². The largest absolute Gasteiger partial charge is 0.358 e. The Hall–Kier alpha value is -1.56. The summed E-state index contributed by atoms with van der Waals surface area (Å²) in [6.07, 6.45) is 3.98. The fraction of sp³-hybridized carbons (Fsp3) is 0.500. The van der Waals surface area contributed by atoms with Crippen LogP contribution in [-0.4, -0.2) is 49.3 Å². The number of hydrogen-bond donors (Lipinski definition) is 3. The van der Waals surface area contributed by atoms with Crippen LogP contribution in [0, 0.1) is 0 Å². The normalized spacial score (nSPS) is 20.4. The third-order valence-electron chi connectivity index (χ3n) is 4.14. The Morgan fingerprint density at radius 1 is 1.00 bits per heavy atom. The maximum atomic E-state index is 3.40. The minimum atomic E-state index is 0.148. The molecule has 0 atom stereocenters. The van der Waals surface area contributed by atoms with Gasteiger partial charge in [0.1, 0.15) is 0 Å². The zero-order chi connectivity index (χ0) is 14.5. The molecule has 1 aromatic carbocycles. The highest BCUT2D eigenvalue weighted by Crippen LogP contribution is 2.09. The topological polar surface area (TPSA) is 42.6 Å². The highest BCUT2D eigenvalue weighted by molar-refractivity contribution is 5.22. The van der Waals surface area contributed by atoms with Crippen molar-refractivity contribution in [1.82, 2.24) is 25.8 Å². The Kier molecular flexibility index (Phi) is 4.75. The van der Waals surface area contributed by atoms with E-state index in [1.54, 1.807) is 0 Å². The number of nitrogens with one attached hydrogen (secondary N) is 3. The molecule has 0 aliphatic carbocycles. The number of nitrogens with zero attached hydrogens (tertiary/aromatic N) is 2. The molecular weight excluding hydrogens is 262 g/mol. The van der Waals surface area contributed by atoms with Crippen LogP contribution in [-0.2, 0) is 13.1 Å². The molecule has 114 valence electrons. The predicted molar refractivity (Wildman–Crippen MR) is 85.3 cm³/mol. The van der Waals surface area contributed by atoms with Crippen molar-refractivity contribution in [3.63, 3.8) is 0 Å². The van der Waals surface area contributed by atoms with Crippen LogP contribution in [0.3, 0.4) is 0 Å². The molecule has 1 saturated heterocycles. The zero-order valence-corrected chi connectivity index (χ0v) is 12.7. The fourth-order valence-corrected chi connectivity index (χ4v) is 2.70. The molecule has 0 radical (unpaired) electrons. The molecule has 21 heavy (non-hydrogen) atoms. The van der Waals surface area contributed by atoms with Gasteiger partial charge in [-0.05, 0) is 18.2 Å². The first-order valence-corrected chi connectivity index (χ1v) is 7.69. The molecule has 3 rings (SSSR count). The average Bonchev–Trinajstić information content (AvgIpc) is 3.02. The first-order valence-electron chi connectivity index (χ1n) is 7.69. The van der Waals surface area contributed by atoms with Gasteiger partial charge in [0.2, 0.25) is 0 Å². The summed E-state index contributed by atoms with van der Waals surface area (Å²) in [6.45, 7) is 6.63. The molecule has 1 fully saturated rings. The Labute approximate surface area is 127 Å². The van der Waals surface area contributed by atoms with Crippen molar-refractivity contribution in [2.24, 2.45) is 0 Å². The number of hydrogen-bond acceptors (Lipinski definition) is 5. The Balaban J connectivity index is 1.45. The van der Waals surface area contributed by atoms with E-state index in [1.165, 1.54) is 37.3 Å². The van der Waals surface area contributed by atoms with E-state index in [1.807, 2.05) is 12.4 Å². The molecule has 2 aliphatic rings. The van der Waals surface area contributed by atoms with Crippen molar-refractivity contribution in [2.45, 2.75) is 19.4 Å². The second-order valence-corrected chi connectivity index (χ2v) is 5.88. The van der Waals surface area contributed by atoms with E-state index in [-0.39, 0.29) is 6.29 Å². The molecular formula is C16H25N5. The monoisotopic (exact) mass is 287 g/mol. The smallest absolute Gasteiger partial charge is 0.152 e. The summed E-state index contributed by atoms with van der Waals surface area (Å²) < 4.78 is 0. The standard InChI is InChI=1S/C16H25N5/c1-20-8-10-21(11-9-20)13-15-4-2-14(3-5-15)12-19-16-17-6-7-18-16/h2-7,16-19H,8-13H2,1H3. The summed E-state index contributed by atoms with van der Waals surface area (Å²) in [7, 11) is 2.20. The predicted octanol–water partition coefficient (Wildman–Crippen LogP) is 0.471. The number of likely N-dealkylation sites (N-methyl/N-ethyl adjacent to an activating group) is 1. The maximum Gasteiger partial charge on any atom is 0.152 e. The van der Waals surface area contributed by atoms with Crippen molar-refractivity contribution in [1.29, 1.82) is 0 Å². The molecule has 1 aromatic rings. The first kappa shape index (κ1) is 14.4. The lowest BCUT2D eigenvalue weighted by molar-refractivity contribution is 0.148. The molecule has 0 spiro atoms. The molecule has 2 heterocycles. The van der Waals surface area contributed by atoms with Gasteiger partial charge < -0.3 is 15.5 Å². The highest BCUT2D eigenvalue weighted by atomic mass is 15.3. The van der Waals surface area contributed by atoms with Gasteiger partial charge in [-0.25, -0.2) is 0 Å². The number of rotatable bonds is 5. The van der Waals surface area contributed by atoms with Gasteiger partial charge in [0.25, 0.3) is 0 Å². The SMILES string of the molecule is CN1CCN(Cc2ccc(CNC3NC=CN3)cc2)CC1. The Bertz CT molecular complexity index is 454. The van der Waals surface area contributed by atoms with Gasteiger partial charge in [-0.3, -0.25) is 10.2 Å². The summed E-state index contributed by atoms with van der Waals surface area (Å²) in [5.41, 5.74) is 2.72. The van der Waals surface area contributed by atoms with Crippen LogP contribution < -0.4 is 16.0 Å². The molecule has 5 heteroatoms. The van der Waals surface area contributed by atoms with Gasteiger partial charge in [0.15, 0.2) is 6.29 Å². The summed E-state index contributed by atoms with van der Waals surface area (Å²) in [6, 6.07) is 8.95. The minimum Gasteiger partial charge on any atom is -0.358 e. The lowest BCUT2D eigenvalue weighted by atomic mass is 10.1. The van der Waals surface area contributed by atoms with Crippen molar-refractivity contribution in [3.05, 3.63) is 47.8 Å². The minimum absolute atomic E-state index is 0.148. The fourth-order valence-electron chi connectivity index (χ4n) is 2.70. The quantitative estimate of drug-likeness (QED) is 0.735. The van der Waals surface area contributed by atoms with Gasteiger partial charge in [-0.1, -0.05) is 24.3 Å². The zero-order valence-electron chi connectivity index (χ0n) is 12.7. The van der Waals surface area contributed by atoms with Crippen LogP contribution in [0.15, 0.2) is 36.7 Å². The molecule has 0 unspecified atom stereocenters. The highest BCUT2D eigenvalue weighted by Gasteiger charge is 2.13. The Morgan fingerprint density at radius 2 is 1.62 bits per heavy atom. The van der Waals surface area contributed by atoms with Crippen molar-refractivity contribution < 1.29 is 0 Å². The average molecular weight is 287 g/mol. The summed E-state index contributed by atoms with van der Waals surface area (Å²) >= 11 is 0. The molecule has 0 bridgehead atoms. The van der Waals surface area contributed by atoms with Crippen molar-refractivity contribution in [3.8, 4) is 0 Å². The van der Waals surface area contributed by atoms with Crippen LogP contribution in [0.4, 0.5) is 0 Å². The van der Waals surface area contributed by atoms with E-state index in [9.17, 15) is 0 Å². The van der Waals surface area contributed by atoms with Crippen LogP contribution in [0.5, 0.6) is 0 Å². The molecule has 3 N–H and O–H groups in total. The molecule has 5 nitrogen and oxygen atoms in total. The second-order valence-electron chi connectivity index (χ2n) is 5.88. The van der Waals surface area contributed by atoms with Crippen molar-refractivity contribution in [2.75, 3.05) is 33.2 Å². The van der Waals surface area contributed by atoms with Crippen LogP contribution in [0.25, 0.3) is 0 Å². The van der Waals surface area contributed by atoms with Gasteiger partial charge in [0, 0.05) is 51.7 Å². The van der Waals surface area contributed by atoms with E-state index < -0.39 is 0 Å². The van der Waals surface area contributed by atoms with E-state index in [0.29, 0.717) is 0 Å². The summed E-state index contributed by atoms with van der Waals surface area (Å²) in [5, 5.41) is 9.77. The van der Waals surface area contributed by atoms with Gasteiger partial charge in [0.05, 0.1) is 0 Å². The third kappa shape index (κ3) is 4.20. The van der Waals surface area contributed by atoms with E-state index >= 15 is 0 Å². The molecule has 0 amide bonds. The Morgan fingerprint density at radius 3 is 2.29 bits per heavy atom. The first-order chi connectivity index (χ1) is 10.3. The lowest BCUT2D eigenvalue weighted by Crippen LogP contribution is -2.44. The van der Waals surface area contributed by atoms with E-state index in [0.717, 1.165) is 13.1 Å². The van der Waals surface area contributed by atoms with Gasteiger partial charge >= 0.3 is 0 Å². The summed E-state index contributed by atoms with van der Waals surface area (Å²) in [4.78, 5) is 4.93. The molecule has 0 saturated carbocycles. The van der Waals surface area contributed by atoms with Gasteiger partial charge in [-0.2, -0.15) is 0 Å². The summed E-state index contributed by atoms with van der Waals surface area (Å²) in [5.74, 6) is 0. The van der Waals surface area contributed by atoms with Gasteiger partial charge in [-0.15, -0.1) is 0 Å². The maximum absolute atomic E-state index is 3.40. The lowest BCUT2D eigenvalue weighted by Gasteiger charge is -2.32. The third-order valence-corrected chi connectivity index (χ3v) is 4.14. The van der Waals surface area contributed by atoms with Crippen LogP contribution >= 0.6 is 0 Å². The molecule has 0 aromatic heterocycles. The van der Waals surface area contributed by atoms with Crippen LogP contribution in [0.2, 0.25) is 0 Å². The van der Waals surface area contributed by atoms with E-state index in [4.69, 9.17) is 0 Å². The number of piperazine rings is 1. The van der Waals surface area contributed by atoms with E-state index in [2.05, 4.69) is 57.1 Å². The van der Waals surface area contributed by atoms with Crippen molar-refractivity contribution >= 4 is 0 Å². The second kappa shape index (κ2) is 6.93. The molecule has 2 aliphatic heterocycles. The number of benzene rings is 1.